The molecule has 0 aromatic heterocycles. The van der Waals surface area contributed by atoms with Gasteiger partial charge in [0.25, 0.3) is 0 Å². The van der Waals surface area contributed by atoms with Gasteiger partial charge in [0, 0.05) is 31.3 Å². The molecule has 218 valence electrons. The quantitative estimate of drug-likeness (QED) is 0.123. The fraction of sp³-hybridized carbons (Fsp3) is 0.731. The normalized spacial score (nSPS) is 21.7. The van der Waals surface area contributed by atoms with Gasteiger partial charge in [-0.2, -0.15) is 0 Å². The average Bonchev–Trinajstić information content (AvgIpc) is 3.15. The second-order valence-corrected chi connectivity index (χ2v) is 10.4. The summed E-state index contributed by atoms with van der Waals surface area (Å²) in [6, 6.07) is -0.699. The Hall–Kier alpha value is -3.35. The molecule has 2 rings (SSSR count). The number of amides is 6. The number of nitrogens with zero attached hydrogens (tertiary/aromatic N) is 1. The number of carbonyl (C=O) groups excluding carboxylic acids is 7. The molecule has 2 aliphatic rings. The Balaban J connectivity index is 1.60. The number of nitrogens with two attached hydrogens (primary N) is 1. The van der Waals surface area contributed by atoms with Crippen LogP contribution in [0.2, 0.25) is 0 Å². The van der Waals surface area contributed by atoms with Crippen molar-refractivity contribution in [3.63, 3.8) is 0 Å². The molecule has 6 amide bonds. The first-order valence-corrected chi connectivity index (χ1v) is 13.7. The number of rotatable bonds is 15. The Bertz CT molecular complexity index is 932. The lowest BCUT2D eigenvalue weighted by Gasteiger charge is -2.30. The van der Waals surface area contributed by atoms with Gasteiger partial charge in [-0.25, -0.2) is 0 Å². The number of likely N-dealkylation sites (tertiary alicyclic amines) is 1. The predicted octanol–water partition coefficient (Wildman–Crippen LogP) is -1.26. The zero-order valence-electron chi connectivity index (χ0n) is 22.9. The second-order valence-electron chi connectivity index (χ2n) is 10.4. The summed E-state index contributed by atoms with van der Waals surface area (Å²) in [4.78, 5) is 84.8. The number of carbonyl (C=O) groups is 7. The standard InChI is InChI=1S/C26H42N6O7/c1-16-11-24(37)32(26(16)39)15-18-6-8-19(9-7-18)25(38)28-10-4-3-5-20(17(2)33)31-23(36)14-30-22(35)13-29-21(34)12-27/h16,18-20H,3-15,27H2,1-2H3,(H,28,38)(H,29,34)(H,30,35)(H,31,36). The van der Waals surface area contributed by atoms with E-state index in [9.17, 15) is 33.6 Å². The lowest BCUT2D eigenvalue weighted by Crippen LogP contribution is -2.47. The highest BCUT2D eigenvalue weighted by Gasteiger charge is 2.37. The van der Waals surface area contributed by atoms with E-state index in [4.69, 9.17) is 5.73 Å². The van der Waals surface area contributed by atoms with E-state index in [0.29, 0.717) is 32.4 Å². The van der Waals surface area contributed by atoms with E-state index in [-0.39, 0.29) is 67.3 Å². The molecule has 0 radical (unpaired) electrons. The first kappa shape index (κ1) is 31.9. The summed E-state index contributed by atoms with van der Waals surface area (Å²) in [7, 11) is 0. The number of Topliss-reactive ketones (excluding diaryl/α,β-unsaturated/α-hetero) is 1. The molecule has 1 heterocycles. The van der Waals surface area contributed by atoms with Crippen molar-refractivity contribution in [2.24, 2.45) is 23.5 Å². The Morgan fingerprint density at radius 1 is 0.923 bits per heavy atom. The topological polar surface area (TPSA) is 197 Å². The van der Waals surface area contributed by atoms with Gasteiger partial charge >= 0.3 is 0 Å². The van der Waals surface area contributed by atoms with Gasteiger partial charge in [0.05, 0.1) is 25.7 Å². The first-order valence-electron chi connectivity index (χ1n) is 13.7. The summed E-state index contributed by atoms with van der Waals surface area (Å²) in [5.41, 5.74) is 5.13. The number of hydrogen-bond donors (Lipinski definition) is 5. The monoisotopic (exact) mass is 550 g/mol. The highest BCUT2D eigenvalue weighted by Crippen LogP contribution is 2.31. The predicted molar refractivity (Wildman–Crippen MR) is 140 cm³/mol. The van der Waals surface area contributed by atoms with Crippen LogP contribution in [-0.2, 0) is 33.6 Å². The fourth-order valence-corrected chi connectivity index (χ4v) is 4.85. The maximum Gasteiger partial charge on any atom is 0.239 e. The van der Waals surface area contributed by atoms with Crippen molar-refractivity contribution in [3.05, 3.63) is 0 Å². The van der Waals surface area contributed by atoms with E-state index in [1.165, 1.54) is 11.8 Å². The van der Waals surface area contributed by atoms with Crippen molar-refractivity contribution in [1.82, 2.24) is 26.2 Å². The third-order valence-corrected chi connectivity index (χ3v) is 7.25. The highest BCUT2D eigenvalue weighted by molar-refractivity contribution is 6.03. The van der Waals surface area contributed by atoms with Crippen LogP contribution in [0, 0.1) is 17.8 Å². The molecule has 13 nitrogen and oxygen atoms in total. The van der Waals surface area contributed by atoms with Crippen LogP contribution in [-0.4, -0.2) is 84.9 Å². The molecule has 0 bridgehead atoms. The molecule has 2 atom stereocenters. The van der Waals surface area contributed by atoms with Crippen LogP contribution in [0.5, 0.6) is 0 Å². The molecule has 0 aromatic rings. The number of ketones is 1. The molecule has 1 saturated carbocycles. The van der Waals surface area contributed by atoms with Crippen molar-refractivity contribution in [3.8, 4) is 0 Å². The Kier molecular flexibility index (Phi) is 13.0. The average molecular weight is 551 g/mol. The van der Waals surface area contributed by atoms with Crippen LogP contribution >= 0.6 is 0 Å². The van der Waals surface area contributed by atoms with Crippen LogP contribution in [0.25, 0.3) is 0 Å². The fourth-order valence-electron chi connectivity index (χ4n) is 4.85. The Morgan fingerprint density at radius 3 is 2.15 bits per heavy atom. The van der Waals surface area contributed by atoms with Crippen molar-refractivity contribution < 1.29 is 33.6 Å². The molecule has 1 saturated heterocycles. The summed E-state index contributed by atoms with van der Waals surface area (Å²) in [5, 5.41) is 10.2. The summed E-state index contributed by atoms with van der Waals surface area (Å²) >= 11 is 0. The van der Waals surface area contributed by atoms with Crippen LogP contribution < -0.4 is 27.0 Å². The lowest BCUT2D eigenvalue weighted by molar-refractivity contribution is -0.140. The van der Waals surface area contributed by atoms with Crippen LogP contribution in [0.3, 0.4) is 0 Å². The van der Waals surface area contributed by atoms with Gasteiger partial charge in [0.15, 0.2) is 5.78 Å². The SMILES string of the molecule is CC(=O)C(CCCCNC(=O)C1CCC(CN2C(=O)CC(C)C2=O)CC1)NC(=O)CNC(=O)CNC(=O)CN. The molecule has 39 heavy (non-hydrogen) atoms. The molecule has 2 fully saturated rings. The third-order valence-electron chi connectivity index (χ3n) is 7.25. The van der Waals surface area contributed by atoms with Crippen LogP contribution in [0.15, 0.2) is 0 Å². The second kappa shape index (κ2) is 15.9. The van der Waals surface area contributed by atoms with Gasteiger partial charge < -0.3 is 27.0 Å². The van der Waals surface area contributed by atoms with Crippen molar-refractivity contribution in [1.29, 1.82) is 0 Å². The lowest BCUT2D eigenvalue weighted by atomic mass is 9.81. The van der Waals surface area contributed by atoms with Crippen molar-refractivity contribution in [2.45, 2.75) is 71.3 Å². The van der Waals surface area contributed by atoms with Gasteiger partial charge in [-0.3, -0.25) is 38.5 Å². The smallest absolute Gasteiger partial charge is 0.239 e. The van der Waals surface area contributed by atoms with E-state index >= 15 is 0 Å². The molecule has 13 heteroatoms. The summed E-state index contributed by atoms with van der Waals surface area (Å²) in [6.45, 7) is 3.18. The third kappa shape index (κ3) is 10.7. The minimum Gasteiger partial charge on any atom is -0.356 e. The Morgan fingerprint density at radius 2 is 1.56 bits per heavy atom. The summed E-state index contributed by atoms with van der Waals surface area (Å²) in [6.07, 6.45) is 4.95. The number of imide groups is 1. The largest absolute Gasteiger partial charge is 0.356 e. The van der Waals surface area contributed by atoms with Crippen LogP contribution in [0.4, 0.5) is 0 Å². The van der Waals surface area contributed by atoms with Crippen LogP contribution in [0.1, 0.15) is 65.2 Å². The summed E-state index contributed by atoms with van der Waals surface area (Å²) < 4.78 is 0. The van der Waals surface area contributed by atoms with E-state index in [0.717, 1.165) is 25.7 Å². The molecule has 2 unspecified atom stereocenters. The van der Waals surface area contributed by atoms with Gasteiger partial charge in [0.2, 0.25) is 35.4 Å². The van der Waals surface area contributed by atoms with Crippen molar-refractivity contribution in [2.75, 3.05) is 32.7 Å². The maximum absolute atomic E-state index is 12.6. The summed E-state index contributed by atoms with van der Waals surface area (Å²) in [5.74, 6) is -2.08. The van der Waals surface area contributed by atoms with Gasteiger partial charge in [-0.05, 0) is 57.8 Å². The molecule has 0 aromatic carbocycles. The Labute approximate surface area is 228 Å². The highest BCUT2D eigenvalue weighted by atomic mass is 16.2. The molecule has 1 aliphatic heterocycles. The van der Waals surface area contributed by atoms with Gasteiger partial charge in [-0.1, -0.05) is 6.92 Å². The van der Waals surface area contributed by atoms with E-state index in [2.05, 4.69) is 21.3 Å². The van der Waals surface area contributed by atoms with Crippen molar-refractivity contribution >= 4 is 41.2 Å². The van der Waals surface area contributed by atoms with E-state index in [1.54, 1.807) is 6.92 Å². The van der Waals surface area contributed by atoms with Gasteiger partial charge in [0.1, 0.15) is 0 Å². The molecular weight excluding hydrogens is 508 g/mol. The molecular formula is C26H42N6O7. The molecule has 1 aliphatic carbocycles. The zero-order valence-corrected chi connectivity index (χ0v) is 22.9. The van der Waals surface area contributed by atoms with E-state index in [1.807, 2.05) is 0 Å². The number of hydrogen-bond acceptors (Lipinski definition) is 8. The number of unbranched alkanes of at least 4 members (excludes halogenated alkanes) is 1. The maximum atomic E-state index is 12.6. The number of nitrogens with one attached hydrogen (secondary N) is 4. The zero-order chi connectivity index (χ0) is 28.9. The minimum atomic E-state index is -0.699. The molecule has 0 spiro atoms. The van der Waals surface area contributed by atoms with Gasteiger partial charge in [-0.15, -0.1) is 0 Å². The molecule has 6 N–H and O–H groups in total. The first-order chi connectivity index (χ1) is 18.5. The van der Waals surface area contributed by atoms with E-state index < -0.39 is 23.8 Å². The minimum absolute atomic E-state index is 0.00906.